The van der Waals surface area contributed by atoms with E-state index in [4.69, 9.17) is 0 Å². The number of anilines is 1. The van der Waals surface area contributed by atoms with Crippen LogP contribution in [-0.4, -0.2) is 7.05 Å². The number of hydrogen-bond donors (Lipinski definition) is 1. The van der Waals surface area contributed by atoms with Crippen molar-refractivity contribution in [3.05, 3.63) is 53.8 Å². The summed E-state index contributed by atoms with van der Waals surface area (Å²) in [6.45, 7) is 1.96. The van der Waals surface area contributed by atoms with Crippen molar-refractivity contribution < 1.29 is 4.39 Å². The zero-order chi connectivity index (χ0) is 11.5. The molecule has 0 aliphatic carbocycles. The van der Waals surface area contributed by atoms with E-state index >= 15 is 0 Å². The summed E-state index contributed by atoms with van der Waals surface area (Å²) < 4.78 is 13.7. The van der Waals surface area contributed by atoms with Crippen molar-refractivity contribution >= 4 is 5.69 Å². The molecule has 0 aliphatic heterocycles. The van der Waals surface area contributed by atoms with Gasteiger partial charge >= 0.3 is 0 Å². The summed E-state index contributed by atoms with van der Waals surface area (Å²) in [5.41, 5.74) is 3.59. The van der Waals surface area contributed by atoms with Crippen LogP contribution in [0.5, 0.6) is 0 Å². The van der Waals surface area contributed by atoms with Crippen molar-refractivity contribution in [1.82, 2.24) is 0 Å². The van der Waals surface area contributed by atoms with Crippen LogP contribution in [0, 0.1) is 12.7 Å². The summed E-state index contributed by atoms with van der Waals surface area (Å²) >= 11 is 0. The van der Waals surface area contributed by atoms with Crippen LogP contribution in [0.4, 0.5) is 10.1 Å². The van der Waals surface area contributed by atoms with Crippen LogP contribution in [0.1, 0.15) is 5.56 Å². The van der Waals surface area contributed by atoms with Crippen molar-refractivity contribution in [2.75, 3.05) is 12.4 Å². The lowest BCUT2D eigenvalue weighted by molar-refractivity contribution is 0.631. The number of benzene rings is 2. The maximum Gasteiger partial charge on any atom is 0.131 e. The number of hydrogen-bond acceptors (Lipinski definition) is 1. The molecule has 0 aromatic heterocycles. The number of rotatable bonds is 2. The Labute approximate surface area is 94.9 Å². The lowest BCUT2D eigenvalue weighted by atomic mass is 10.0. The molecule has 0 spiro atoms. The highest BCUT2D eigenvalue weighted by Gasteiger charge is 2.05. The van der Waals surface area contributed by atoms with Gasteiger partial charge in [0.15, 0.2) is 0 Å². The third-order valence-electron chi connectivity index (χ3n) is 2.58. The van der Waals surface area contributed by atoms with Gasteiger partial charge in [-0.05, 0) is 36.8 Å². The smallest absolute Gasteiger partial charge is 0.131 e. The average Bonchev–Trinajstić information content (AvgIpc) is 2.32. The Morgan fingerprint density at radius 1 is 1.06 bits per heavy atom. The molecule has 82 valence electrons. The highest BCUT2D eigenvalue weighted by molar-refractivity contribution is 5.69. The van der Waals surface area contributed by atoms with Crippen molar-refractivity contribution in [2.24, 2.45) is 0 Å². The summed E-state index contributed by atoms with van der Waals surface area (Å²) in [6, 6.07) is 12.9. The molecule has 1 nitrogen and oxygen atoms in total. The van der Waals surface area contributed by atoms with E-state index < -0.39 is 0 Å². The molecule has 0 unspecified atom stereocenters. The van der Waals surface area contributed by atoms with E-state index in [-0.39, 0.29) is 5.82 Å². The second-order valence-electron chi connectivity index (χ2n) is 3.81. The van der Waals surface area contributed by atoms with Crippen LogP contribution in [0.2, 0.25) is 0 Å². The van der Waals surface area contributed by atoms with Crippen LogP contribution < -0.4 is 5.32 Å². The minimum atomic E-state index is -0.182. The van der Waals surface area contributed by atoms with Gasteiger partial charge in [-0.3, -0.25) is 0 Å². The molecule has 0 aliphatic rings. The molecule has 2 aromatic rings. The van der Waals surface area contributed by atoms with E-state index in [0.717, 1.165) is 16.8 Å². The predicted octanol–water partition coefficient (Wildman–Crippen LogP) is 3.84. The van der Waals surface area contributed by atoms with Crippen LogP contribution in [0.3, 0.4) is 0 Å². The molecule has 0 amide bonds. The Balaban J connectivity index is 2.53. The van der Waals surface area contributed by atoms with Crippen LogP contribution in [0.15, 0.2) is 42.5 Å². The zero-order valence-electron chi connectivity index (χ0n) is 9.42. The molecule has 0 saturated heterocycles. The first-order chi connectivity index (χ1) is 7.70. The first-order valence-corrected chi connectivity index (χ1v) is 5.25. The Bertz CT molecular complexity index is 506. The molecular weight excluding hydrogens is 201 g/mol. The fourth-order valence-electron chi connectivity index (χ4n) is 1.70. The van der Waals surface area contributed by atoms with Gasteiger partial charge in [-0.15, -0.1) is 0 Å². The van der Waals surface area contributed by atoms with E-state index in [1.165, 1.54) is 6.07 Å². The van der Waals surface area contributed by atoms with Crippen LogP contribution in [-0.2, 0) is 0 Å². The van der Waals surface area contributed by atoms with E-state index in [2.05, 4.69) is 5.32 Å². The largest absolute Gasteiger partial charge is 0.388 e. The minimum Gasteiger partial charge on any atom is -0.388 e. The average molecular weight is 215 g/mol. The normalized spacial score (nSPS) is 10.2. The second kappa shape index (κ2) is 4.35. The summed E-state index contributed by atoms with van der Waals surface area (Å²) in [5.74, 6) is -0.182. The maximum absolute atomic E-state index is 13.7. The van der Waals surface area contributed by atoms with Gasteiger partial charge in [0.25, 0.3) is 0 Å². The molecule has 1 N–H and O–H groups in total. The zero-order valence-corrected chi connectivity index (χ0v) is 9.42. The van der Waals surface area contributed by atoms with Gasteiger partial charge in [0.05, 0.1) is 0 Å². The summed E-state index contributed by atoms with van der Waals surface area (Å²) in [7, 11) is 1.85. The highest BCUT2D eigenvalue weighted by atomic mass is 19.1. The molecule has 2 heteroatoms. The molecule has 0 atom stereocenters. The Morgan fingerprint density at radius 3 is 2.62 bits per heavy atom. The highest BCUT2D eigenvalue weighted by Crippen LogP contribution is 2.25. The molecule has 0 fully saturated rings. The summed E-state index contributed by atoms with van der Waals surface area (Å²) in [5, 5.41) is 3.05. The van der Waals surface area contributed by atoms with E-state index in [9.17, 15) is 4.39 Å². The van der Waals surface area contributed by atoms with Gasteiger partial charge < -0.3 is 5.32 Å². The number of halogens is 1. The summed E-state index contributed by atoms with van der Waals surface area (Å²) in [4.78, 5) is 0. The second-order valence-corrected chi connectivity index (χ2v) is 3.81. The Hall–Kier alpha value is -1.83. The molecule has 0 radical (unpaired) electrons. The maximum atomic E-state index is 13.7. The standard InChI is InChI=1S/C14H14FN/c1-10-6-7-14(15)13(8-10)11-4-3-5-12(9-11)16-2/h3-9,16H,1-2H3. The fraction of sp³-hybridized carbons (Fsp3) is 0.143. The third-order valence-corrected chi connectivity index (χ3v) is 2.58. The van der Waals surface area contributed by atoms with Gasteiger partial charge in [0.1, 0.15) is 5.82 Å². The van der Waals surface area contributed by atoms with Crippen molar-refractivity contribution in [3.63, 3.8) is 0 Å². The monoisotopic (exact) mass is 215 g/mol. The van der Waals surface area contributed by atoms with Crippen molar-refractivity contribution in [3.8, 4) is 11.1 Å². The van der Waals surface area contributed by atoms with Gasteiger partial charge in [-0.25, -0.2) is 4.39 Å². The molecule has 0 heterocycles. The number of aryl methyl sites for hydroxylation is 1. The SMILES string of the molecule is CNc1cccc(-c2cc(C)ccc2F)c1. The van der Waals surface area contributed by atoms with Gasteiger partial charge in [-0.1, -0.05) is 23.8 Å². The Morgan fingerprint density at radius 2 is 1.88 bits per heavy atom. The molecule has 2 aromatic carbocycles. The van der Waals surface area contributed by atoms with Gasteiger partial charge in [0.2, 0.25) is 0 Å². The lowest BCUT2D eigenvalue weighted by Gasteiger charge is -2.07. The summed E-state index contributed by atoms with van der Waals surface area (Å²) in [6.07, 6.45) is 0. The number of nitrogens with one attached hydrogen (secondary N) is 1. The van der Waals surface area contributed by atoms with Crippen molar-refractivity contribution in [2.45, 2.75) is 6.92 Å². The third kappa shape index (κ3) is 2.06. The first kappa shape index (κ1) is 10.7. The lowest BCUT2D eigenvalue weighted by Crippen LogP contribution is -1.90. The van der Waals surface area contributed by atoms with Crippen LogP contribution >= 0.6 is 0 Å². The fourth-order valence-corrected chi connectivity index (χ4v) is 1.70. The molecular formula is C14H14FN. The Kier molecular flexibility index (Phi) is 2.91. The molecule has 2 rings (SSSR count). The molecule has 0 saturated carbocycles. The first-order valence-electron chi connectivity index (χ1n) is 5.25. The van der Waals surface area contributed by atoms with Gasteiger partial charge in [-0.2, -0.15) is 0 Å². The molecule has 0 bridgehead atoms. The van der Waals surface area contributed by atoms with Gasteiger partial charge in [0, 0.05) is 18.3 Å². The predicted molar refractivity (Wildman–Crippen MR) is 66.1 cm³/mol. The topological polar surface area (TPSA) is 12.0 Å². The minimum absolute atomic E-state index is 0.182. The van der Waals surface area contributed by atoms with E-state index in [1.807, 2.05) is 44.3 Å². The quantitative estimate of drug-likeness (QED) is 0.802. The molecule has 16 heavy (non-hydrogen) atoms. The van der Waals surface area contributed by atoms with Crippen LogP contribution in [0.25, 0.3) is 11.1 Å². The van der Waals surface area contributed by atoms with E-state index in [0.29, 0.717) is 5.56 Å². The van der Waals surface area contributed by atoms with E-state index in [1.54, 1.807) is 6.07 Å². The van der Waals surface area contributed by atoms with Crippen molar-refractivity contribution in [1.29, 1.82) is 0 Å².